The van der Waals surface area contributed by atoms with Crippen molar-refractivity contribution in [3.8, 4) is 0 Å². The van der Waals surface area contributed by atoms with Gasteiger partial charge in [-0.15, -0.1) is 11.3 Å². The topological polar surface area (TPSA) is 45.2 Å². The van der Waals surface area contributed by atoms with Crippen molar-refractivity contribution in [2.75, 3.05) is 5.32 Å². The Labute approximate surface area is 115 Å². The van der Waals surface area contributed by atoms with E-state index >= 15 is 0 Å². The maximum Gasteiger partial charge on any atom is 0.0926 e. The van der Waals surface area contributed by atoms with Crippen molar-refractivity contribution in [3.63, 3.8) is 0 Å². The SMILES string of the molecule is CCc1nc(CNc2cc(CO)ccc2Cl)cs1. The Morgan fingerprint density at radius 3 is 2.94 bits per heavy atom. The molecule has 0 aliphatic rings. The number of aliphatic hydroxyl groups is 1. The summed E-state index contributed by atoms with van der Waals surface area (Å²) in [5.41, 5.74) is 2.69. The number of hydrogen-bond acceptors (Lipinski definition) is 4. The lowest BCUT2D eigenvalue weighted by molar-refractivity contribution is 0.282. The molecule has 0 unspecified atom stereocenters. The number of aromatic nitrogens is 1. The molecule has 0 amide bonds. The van der Waals surface area contributed by atoms with Crippen LogP contribution in [0.25, 0.3) is 0 Å². The predicted molar refractivity (Wildman–Crippen MR) is 76.2 cm³/mol. The predicted octanol–water partition coefficient (Wildman–Crippen LogP) is 3.46. The minimum absolute atomic E-state index is 0.0164. The van der Waals surface area contributed by atoms with Crippen LogP contribution in [0.3, 0.4) is 0 Å². The average Bonchev–Trinajstić information content (AvgIpc) is 2.86. The Bertz CT molecular complexity index is 527. The van der Waals surface area contributed by atoms with E-state index in [1.165, 1.54) is 0 Å². The van der Waals surface area contributed by atoms with Crippen LogP contribution in [0.2, 0.25) is 5.02 Å². The van der Waals surface area contributed by atoms with Gasteiger partial charge in [-0.25, -0.2) is 4.98 Å². The van der Waals surface area contributed by atoms with Gasteiger partial charge in [-0.05, 0) is 24.1 Å². The van der Waals surface area contributed by atoms with Gasteiger partial charge in [0.25, 0.3) is 0 Å². The quantitative estimate of drug-likeness (QED) is 0.883. The van der Waals surface area contributed by atoms with E-state index in [-0.39, 0.29) is 6.61 Å². The number of anilines is 1. The number of hydrogen-bond donors (Lipinski definition) is 2. The van der Waals surface area contributed by atoms with Crippen LogP contribution in [0.1, 0.15) is 23.2 Å². The molecule has 1 aromatic heterocycles. The Kier molecular flexibility index (Phi) is 4.58. The molecular formula is C13H15ClN2OS. The Hall–Kier alpha value is -1.10. The fourth-order valence-electron chi connectivity index (χ4n) is 1.58. The van der Waals surface area contributed by atoms with Crippen molar-refractivity contribution in [2.45, 2.75) is 26.5 Å². The second-order valence-corrected chi connectivity index (χ2v) is 5.26. The van der Waals surface area contributed by atoms with Gasteiger partial charge in [0, 0.05) is 5.38 Å². The van der Waals surface area contributed by atoms with Crippen molar-refractivity contribution in [2.24, 2.45) is 0 Å². The first-order valence-electron chi connectivity index (χ1n) is 5.79. The highest BCUT2D eigenvalue weighted by atomic mass is 35.5. The third-order valence-corrected chi connectivity index (χ3v) is 3.95. The second kappa shape index (κ2) is 6.18. The van der Waals surface area contributed by atoms with Crippen molar-refractivity contribution >= 4 is 28.6 Å². The van der Waals surface area contributed by atoms with Gasteiger partial charge in [0.05, 0.1) is 34.6 Å². The zero-order valence-corrected chi connectivity index (χ0v) is 11.7. The summed E-state index contributed by atoms with van der Waals surface area (Å²) < 4.78 is 0. The van der Waals surface area contributed by atoms with Gasteiger partial charge in [0.15, 0.2) is 0 Å². The molecule has 1 aromatic carbocycles. The Morgan fingerprint density at radius 1 is 1.44 bits per heavy atom. The summed E-state index contributed by atoms with van der Waals surface area (Å²) in [6.45, 7) is 2.76. The third-order valence-electron chi connectivity index (χ3n) is 2.58. The van der Waals surface area contributed by atoms with Crippen LogP contribution in [-0.4, -0.2) is 10.1 Å². The number of nitrogens with one attached hydrogen (secondary N) is 1. The van der Waals surface area contributed by atoms with E-state index in [1.807, 2.05) is 12.1 Å². The first-order valence-corrected chi connectivity index (χ1v) is 7.05. The molecule has 0 saturated carbocycles. The number of halogens is 1. The average molecular weight is 283 g/mol. The zero-order chi connectivity index (χ0) is 13.0. The third kappa shape index (κ3) is 3.22. The largest absolute Gasteiger partial charge is 0.392 e. The molecule has 0 aliphatic heterocycles. The number of thiazole rings is 1. The Morgan fingerprint density at radius 2 is 2.28 bits per heavy atom. The number of aliphatic hydroxyl groups excluding tert-OH is 1. The second-order valence-electron chi connectivity index (χ2n) is 3.91. The van der Waals surface area contributed by atoms with E-state index < -0.39 is 0 Å². The molecule has 96 valence electrons. The monoisotopic (exact) mass is 282 g/mol. The van der Waals surface area contributed by atoms with Crippen LogP contribution in [0.4, 0.5) is 5.69 Å². The molecule has 5 heteroatoms. The smallest absolute Gasteiger partial charge is 0.0926 e. The minimum atomic E-state index is 0.0164. The van der Waals surface area contributed by atoms with Crippen molar-refractivity contribution < 1.29 is 5.11 Å². The molecular weight excluding hydrogens is 268 g/mol. The first kappa shape index (κ1) is 13.3. The van der Waals surface area contributed by atoms with Gasteiger partial charge < -0.3 is 10.4 Å². The molecule has 0 spiro atoms. The normalized spacial score (nSPS) is 10.6. The summed E-state index contributed by atoms with van der Waals surface area (Å²) >= 11 is 7.76. The summed E-state index contributed by atoms with van der Waals surface area (Å²) in [5.74, 6) is 0. The molecule has 2 N–H and O–H groups in total. The highest BCUT2D eigenvalue weighted by Gasteiger charge is 2.04. The van der Waals surface area contributed by atoms with Crippen LogP contribution in [0.15, 0.2) is 23.6 Å². The molecule has 3 nitrogen and oxygen atoms in total. The van der Waals surface area contributed by atoms with E-state index in [2.05, 4.69) is 22.6 Å². The van der Waals surface area contributed by atoms with Crippen LogP contribution in [0.5, 0.6) is 0 Å². The summed E-state index contributed by atoms with van der Waals surface area (Å²) in [5, 5.41) is 16.2. The number of rotatable bonds is 5. The standard InChI is InChI=1S/C13H15ClN2OS/c1-2-13-16-10(8-18-13)6-15-12-5-9(7-17)3-4-11(12)14/h3-5,8,15,17H,2,6-7H2,1H3. The molecule has 0 fully saturated rings. The van der Waals surface area contributed by atoms with E-state index in [9.17, 15) is 0 Å². The van der Waals surface area contributed by atoms with Gasteiger partial charge in [0.1, 0.15) is 0 Å². The van der Waals surface area contributed by atoms with Gasteiger partial charge in [-0.3, -0.25) is 0 Å². The lowest BCUT2D eigenvalue weighted by Gasteiger charge is -2.08. The summed E-state index contributed by atoms with van der Waals surface area (Å²) in [6.07, 6.45) is 0.964. The molecule has 0 bridgehead atoms. The number of aryl methyl sites for hydroxylation is 1. The molecule has 18 heavy (non-hydrogen) atoms. The van der Waals surface area contributed by atoms with E-state index in [0.29, 0.717) is 11.6 Å². The summed E-state index contributed by atoms with van der Waals surface area (Å²) in [4.78, 5) is 4.48. The zero-order valence-electron chi connectivity index (χ0n) is 10.1. The lowest BCUT2D eigenvalue weighted by atomic mass is 10.2. The van der Waals surface area contributed by atoms with Gasteiger partial charge >= 0.3 is 0 Å². The molecule has 2 aromatic rings. The fraction of sp³-hybridized carbons (Fsp3) is 0.308. The Balaban J connectivity index is 2.05. The molecule has 2 rings (SSSR count). The van der Waals surface area contributed by atoms with Crippen molar-refractivity contribution in [3.05, 3.63) is 44.9 Å². The van der Waals surface area contributed by atoms with Crippen LogP contribution in [0, 0.1) is 0 Å². The molecule has 0 radical (unpaired) electrons. The van der Waals surface area contributed by atoms with Gasteiger partial charge in [0.2, 0.25) is 0 Å². The number of benzene rings is 1. The highest BCUT2D eigenvalue weighted by molar-refractivity contribution is 7.09. The van der Waals surface area contributed by atoms with Crippen LogP contribution < -0.4 is 5.32 Å². The molecule has 0 atom stereocenters. The van der Waals surface area contributed by atoms with E-state index in [0.717, 1.165) is 28.4 Å². The van der Waals surface area contributed by atoms with Crippen LogP contribution >= 0.6 is 22.9 Å². The molecule has 1 heterocycles. The molecule has 0 aliphatic carbocycles. The maximum absolute atomic E-state index is 9.09. The highest BCUT2D eigenvalue weighted by Crippen LogP contribution is 2.24. The van der Waals surface area contributed by atoms with Crippen LogP contribution in [-0.2, 0) is 19.6 Å². The summed E-state index contributed by atoms with van der Waals surface area (Å²) in [7, 11) is 0. The van der Waals surface area contributed by atoms with E-state index in [1.54, 1.807) is 17.4 Å². The van der Waals surface area contributed by atoms with Gasteiger partial charge in [-0.1, -0.05) is 24.6 Å². The van der Waals surface area contributed by atoms with Crippen molar-refractivity contribution in [1.29, 1.82) is 0 Å². The van der Waals surface area contributed by atoms with E-state index in [4.69, 9.17) is 16.7 Å². The number of nitrogens with zero attached hydrogens (tertiary/aromatic N) is 1. The minimum Gasteiger partial charge on any atom is -0.392 e. The lowest BCUT2D eigenvalue weighted by Crippen LogP contribution is -2.01. The fourth-order valence-corrected chi connectivity index (χ4v) is 2.51. The molecule has 0 saturated heterocycles. The van der Waals surface area contributed by atoms with Gasteiger partial charge in [-0.2, -0.15) is 0 Å². The van der Waals surface area contributed by atoms with Crippen molar-refractivity contribution in [1.82, 2.24) is 4.98 Å². The summed E-state index contributed by atoms with van der Waals surface area (Å²) in [6, 6.07) is 5.45. The first-order chi connectivity index (χ1) is 8.72. The maximum atomic E-state index is 9.09.